The van der Waals surface area contributed by atoms with Gasteiger partial charge in [0.05, 0.1) is 5.69 Å². The van der Waals surface area contributed by atoms with E-state index >= 15 is 0 Å². The second kappa shape index (κ2) is 6.27. The first-order chi connectivity index (χ1) is 9.49. The molecule has 1 aromatic rings. The van der Waals surface area contributed by atoms with Gasteiger partial charge < -0.3 is 10.2 Å². The highest BCUT2D eigenvalue weighted by molar-refractivity contribution is 5.13. The van der Waals surface area contributed by atoms with Crippen molar-refractivity contribution in [3.63, 3.8) is 0 Å². The minimum atomic E-state index is 0.283. The molecule has 2 rings (SSSR count). The van der Waals surface area contributed by atoms with Gasteiger partial charge in [-0.15, -0.1) is 0 Å². The molecule has 1 aromatic heterocycles. The Labute approximate surface area is 123 Å². The second-order valence-electron chi connectivity index (χ2n) is 6.50. The van der Waals surface area contributed by atoms with Crippen LogP contribution in [0.5, 0.6) is 0 Å². The van der Waals surface area contributed by atoms with Gasteiger partial charge in [-0.25, -0.2) is 0 Å². The normalized spacial score (nSPS) is 20.3. The standard InChI is InChI=1S/C16H30N4/c1-13-11-14(20(5)18-13)12-15(17-2)16(19(3)4)9-7-6-8-10-16/h11,15,17H,6-10,12H2,1-5H3. The third-order valence-electron chi connectivity index (χ3n) is 5.12. The lowest BCUT2D eigenvalue weighted by atomic mass is 9.74. The highest BCUT2D eigenvalue weighted by atomic mass is 15.3. The average molecular weight is 278 g/mol. The maximum absolute atomic E-state index is 4.49. The topological polar surface area (TPSA) is 33.1 Å². The molecule has 1 unspecified atom stereocenters. The van der Waals surface area contributed by atoms with Crippen molar-refractivity contribution in [2.24, 2.45) is 7.05 Å². The molecule has 1 saturated carbocycles. The van der Waals surface area contributed by atoms with E-state index in [-0.39, 0.29) is 5.54 Å². The summed E-state index contributed by atoms with van der Waals surface area (Å²) in [6, 6.07) is 2.70. The predicted molar refractivity (Wildman–Crippen MR) is 84.0 cm³/mol. The Morgan fingerprint density at radius 2 is 2.00 bits per heavy atom. The molecule has 4 nitrogen and oxygen atoms in total. The van der Waals surface area contributed by atoms with Crippen LogP contribution >= 0.6 is 0 Å². The van der Waals surface area contributed by atoms with Gasteiger partial charge in [0.15, 0.2) is 0 Å². The van der Waals surface area contributed by atoms with Gasteiger partial charge in [-0.05, 0) is 47.0 Å². The van der Waals surface area contributed by atoms with Gasteiger partial charge in [-0.2, -0.15) is 5.10 Å². The van der Waals surface area contributed by atoms with Crippen molar-refractivity contribution in [1.29, 1.82) is 0 Å². The van der Waals surface area contributed by atoms with E-state index in [1.54, 1.807) is 0 Å². The van der Waals surface area contributed by atoms with Crippen molar-refractivity contribution in [1.82, 2.24) is 20.0 Å². The fourth-order valence-corrected chi connectivity index (χ4v) is 3.90. The van der Waals surface area contributed by atoms with Crippen LogP contribution in [0, 0.1) is 6.92 Å². The van der Waals surface area contributed by atoms with E-state index in [9.17, 15) is 0 Å². The van der Waals surface area contributed by atoms with Gasteiger partial charge in [-0.1, -0.05) is 19.3 Å². The van der Waals surface area contributed by atoms with E-state index < -0.39 is 0 Å². The average Bonchev–Trinajstić information content (AvgIpc) is 2.74. The molecule has 1 aliphatic carbocycles. The molecule has 20 heavy (non-hydrogen) atoms. The number of rotatable bonds is 5. The van der Waals surface area contributed by atoms with Crippen molar-refractivity contribution < 1.29 is 0 Å². The molecule has 4 heteroatoms. The fourth-order valence-electron chi connectivity index (χ4n) is 3.90. The minimum Gasteiger partial charge on any atom is -0.315 e. The zero-order chi connectivity index (χ0) is 14.8. The van der Waals surface area contributed by atoms with E-state index in [1.807, 2.05) is 4.68 Å². The van der Waals surface area contributed by atoms with Gasteiger partial charge >= 0.3 is 0 Å². The Bertz CT molecular complexity index is 430. The lowest BCUT2D eigenvalue weighted by Crippen LogP contribution is -2.60. The zero-order valence-corrected chi connectivity index (χ0v) is 13.7. The van der Waals surface area contributed by atoms with Crippen molar-refractivity contribution in [3.05, 3.63) is 17.5 Å². The summed E-state index contributed by atoms with van der Waals surface area (Å²) in [7, 11) is 8.64. The number of nitrogens with zero attached hydrogens (tertiary/aromatic N) is 3. The predicted octanol–water partition coefficient (Wildman–Crippen LogP) is 2.12. The number of nitrogens with one attached hydrogen (secondary N) is 1. The minimum absolute atomic E-state index is 0.283. The van der Waals surface area contributed by atoms with Crippen LogP contribution in [0.1, 0.15) is 43.5 Å². The Kier molecular flexibility index (Phi) is 4.86. The number of likely N-dealkylation sites (N-methyl/N-ethyl adjacent to an activating group) is 2. The number of aromatic nitrogens is 2. The smallest absolute Gasteiger partial charge is 0.0596 e. The van der Waals surface area contributed by atoms with Crippen LogP contribution in [0.3, 0.4) is 0 Å². The monoisotopic (exact) mass is 278 g/mol. The molecule has 0 saturated heterocycles. The summed E-state index contributed by atoms with van der Waals surface area (Å²) in [5.74, 6) is 0. The summed E-state index contributed by atoms with van der Waals surface area (Å²) in [5, 5.41) is 8.08. The molecule has 1 aliphatic rings. The Balaban J connectivity index is 2.22. The van der Waals surface area contributed by atoms with Crippen LogP contribution in [-0.4, -0.2) is 47.4 Å². The van der Waals surface area contributed by atoms with E-state index in [2.05, 4.69) is 56.5 Å². The highest BCUT2D eigenvalue weighted by Crippen LogP contribution is 2.36. The molecular formula is C16H30N4. The molecule has 0 radical (unpaired) electrons. The summed E-state index contributed by atoms with van der Waals surface area (Å²) >= 11 is 0. The SMILES string of the molecule is CNC(Cc1cc(C)nn1C)C1(N(C)C)CCCCC1. The van der Waals surface area contributed by atoms with Crippen molar-refractivity contribution in [2.45, 2.75) is 57.0 Å². The van der Waals surface area contributed by atoms with Gasteiger partial charge in [-0.3, -0.25) is 4.68 Å². The quantitative estimate of drug-likeness (QED) is 0.895. The van der Waals surface area contributed by atoms with Crippen LogP contribution in [0.15, 0.2) is 6.07 Å². The first-order valence-corrected chi connectivity index (χ1v) is 7.84. The first kappa shape index (κ1) is 15.5. The first-order valence-electron chi connectivity index (χ1n) is 7.84. The molecule has 0 amide bonds. The van der Waals surface area contributed by atoms with Crippen molar-refractivity contribution in [2.75, 3.05) is 21.1 Å². The van der Waals surface area contributed by atoms with Crippen molar-refractivity contribution >= 4 is 0 Å². The molecule has 1 N–H and O–H groups in total. The van der Waals surface area contributed by atoms with Gasteiger partial charge in [0.1, 0.15) is 0 Å². The summed E-state index contributed by atoms with van der Waals surface area (Å²) in [5.41, 5.74) is 2.72. The third-order valence-corrected chi connectivity index (χ3v) is 5.12. The highest BCUT2D eigenvalue weighted by Gasteiger charge is 2.41. The van der Waals surface area contributed by atoms with Gasteiger partial charge in [0.25, 0.3) is 0 Å². The summed E-state index contributed by atoms with van der Waals surface area (Å²) in [6.45, 7) is 2.07. The molecule has 0 bridgehead atoms. The van der Waals surface area contributed by atoms with Crippen LogP contribution in [0.2, 0.25) is 0 Å². The summed E-state index contributed by atoms with van der Waals surface area (Å²) in [6.07, 6.45) is 7.72. The van der Waals surface area contributed by atoms with Crippen LogP contribution in [-0.2, 0) is 13.5 Å². The molecule has 114 valence electrons. The molecule has 1 fully saturated rings. The maximum Gasteiger partial charge on any atom is 0.0596 e. The molecule has 0 spiro atoms. The lowest BCUT2D eigenvalue weighted by molar-refractivity contribution is 0.0591. The molecule has 1 atom stereocenters. The zero-order valence-electron chi connectivity index (χ0n) is 13.7. The van der Waals surface area contributed by atoms with E-state index in [1.165, 1.54) is 37.8 Å². The summed E-state index contributed by atoms with van der Waals surface area (Å²) < 4.78 is 2.03. The lowest BCUT2D eigenvalue weighted by Gasteiger charge is -2.48. The number of hydrogen-bond donors (Lipinski definition) is 1. The van der Waals surface area contributed by atoms with Gasteiger partial charge in [0.2, 0.25) is 0 Å². The number of hydrogen-bond acceptors (Lipinski definition) is 3. The van der Waals surface area contributed by atoms with Gasteiger partial charge in [0, 0.05) is 30.7 Å². The van der Waals surface area contributed by atoms with E-state index in [0.717, 1.165) is 12.1 Å². The second-order valence-corrected chi connectivity index (χ2v) is 6.50. The van der Waals surface area contributed by atoms with E-state index in [0.29, 0.717) is 6.04 Å². The Morgan fingerprint density at radius 1 is 1.35 bits per heavy atom. The maximum atomic E-state index is 4.49. The molecular weight excluding hydrogens is 248 g/mol. The molecule has 1 heterocycles. The Morgan fingerprint density at radius 3 is 2.45 bits per heavy atom. The van der Waals surface area contributed by atoms with Crippen molar-refractivity contribution in [3.8, 4) is 0 Å². The number of aryl methyl sites for hydroxylation is 2. The fraction of sp³-hybridized carbons (Fsp3) is 0.812. The molecule has 0 aromatic carbocycles. The molecule has 0 aliphatic heterocycles. The van der Waals surface area contributed by atoms with Crippen LogP contribution in [0.4, 0.5) is 0 Å². The Hall–Kier alpha value is -0.870. The summed E-state index contributed by atoms with van der Waals surface area (Å²) in [4.78, 5) is 2.45. The third kappa shape index (κ3) is 2.91. The van der Waals surface area contributed by atoms with Crippen LogP contribution < -0.4 is 5.32 Å². The van der Waals surface area contributed by atoms with Crippen LogP contribution in [0.25, 0.3) is 0 Å². The van der Waals surface area contributed by atoms with E-state index in [4.69, 9.17) is 0 Å². The largest absolute Gasteiger partial charge is 0.315 e.